The largest absolute Gasteiger partial charge is 0.347 e. The molecule has 0 aliphatic carbocycles. The third-order valence-corrected chi connectivity index (χ3v) is 2.83. The van der Waals surface area contributed by atoms with E-state index >= 15 is 0 Å². The molecule has 0 saturated carbocycles. The monoisotopic (exact) mass is 285 g/mol. The summed E-state index contributed by atoms with van der Waals surface area (Å²) >= 11 is 5.79. The SMILES string of the molecule is CC(C)(C)CC(C)(C)NC(=O)c1cc(Cl)ccc1F. The highest BCUT2D eigenvalue weighted by atomic mass is 35.5. The van der Waals surface area contributed by atoms with Crippen LogP contribution in [0.1, 0.15) is 51.4 Å². The molecule has 1 rings (SSSR count). The number of nitrogens with one attached hydrogen (secondary N) is 1. The maximum absolute atomic E-state index is 13.6. The van der Waals surface area contributed by atoms with Crippen LogP contribution >= 0.6 is 11.6 Å². The zero-order chi connectivity index (χ0) is 14.8. The van der Waals surface area contributed by atoms with Gasteiger partial charge in [0.25, 0.3) is 5.91 Å². The highest BCUT2D eigenvalue weighted by Gasteiger charge is 2.28. The minimum absolute atomic E-state index is 0.0190. The molecule has 0 bridgehead atoms. The summed E-state index contributed by atoms with van der Waals surface area (Å²) < 4.78 is 13.6. The molecule has 1 N–H and O–H groups in total. The predicted molar refractivity (Wildman–Crippen MR) is 77.0 cm³/mol. The Bertz CT molecular complexity index is 478. The average molecular weight is 286 g/mol. The van der Waals surface area contributed by atoms with Gasteiger partial charge in [-0.2, -0.15) is 0 Å². The Kier molecular flexibility index (Phi) is 4.62. The van der Waals surface area contributed by atoms with Crippen LogP contribution in [0.25, 0.3) is 0 Å². The van der Waals surface area contributed by atoms with E-state index in [0.717, 1.165) is 6.42 Å². The van der Waals surface area contributed by atoms with Crippen molar-refractivity contribution in [2.45, 2.75) is 46.6 Å². The number of benzene rings is 1. The second kappa shape index (κ2) is 5.49. The molecular formula is C15H21ClFNO. The number of carbonyl (C=O) groups is 1. The topological polar surface area (TPSA) is 29.1 Å². The molecule has 2 nitrogen and oxygen atoms in total. The highest BCUT2D eigenvalue weighted by Crippen LogP contribution is 2.27. The van der Waals surface area contributed by atoms with Gasteiger partial charge < -0.3 is 5.32 Å². The lowest BCUT2D eigenvalue weighted by Crippen LogP contribution is -2.46. The van der Waals surface area contributed by atoms with Gasteiger partial charge in [-0.15, -0.1) is 0 Å². The van der Waals surface area contributed by atoms with Gasteiger partial charge >= 0.3 is 0 Å². The van der Waals surface area contributed by atoms with Crippen LogP contribution in [0.2, 0.25) is 5.02 Å². The van der Waals surface area contributed by atoms with Crippen molar-refractivity contribution in [2.24, 2.45) is 5.41 Å². The van der Waals surface area contributed by atoms with E-state index in [2.05, 4.69) is 26.1 Å². The Morgan fingerprint density at radius 1 is 1.26 bits per heavy atom. The van der Waals surface area contributed by atoms with Gasteiger partial charge in [0.05, 0.1) is 5.56 Å². The summed E-state index contributed by atoms with van der Waals surface area (Å²) in [6, 6.07) is 3.97. The van der Waals surface area contributed by atoms with E-state index in [-0.39, 0.29) is 11.0 Å². The van der Waals surface area contributed by atoms with Crippen LogP contribution < -0.4 is 5.32 Å². The van der Waals surface area contributed by atoms with Gasteiger partial charge in [0.15, 0.2) is 0 Å². The Labute approximate surface area is 119 Å². The molecule has 0 spiro atoms. The lowest BCUT2D eigenvalue weighted by molar-refractivity contribution is 0.0887. The first-order valence-corrected chi connectivity index (χ1v) is 6.66. The first-order chi connectivity index (χ1) is 8.50. The summed E-state index contributed by atoms with van der Waals surface area (Å²) in [5, 5.41) is 3.21. The third kappa shape index (κ3) is 5.19. The van der Waals surface area contributed by atoms with Crippen molar-refractivity contribution in [3.63, 3.8) is 0 Å². The van der Waals surface area contributed by atoms with Crippen LogP contribution in [0.5, 0.6) is 0 Å². The minimum Gasteiger partial charge on any atom is -0.347 e. The molecule has 0 aliphatic heterocycles. The molecule has 1 aromatic carbocycles. The molecule has 19 heavy (non-hydrogen) atoms. The van der Waals surface area contributed by atoms with E-state index in [1.165, 1.54) is 18.2 Å². The van der Waals surface area contributed by atoms with Gasteiger partial charge in [-0.3, -0.25) is 4.79 Å². The summed E-state index contributed by atoms with van der Waals surface area (Å²) in [5.74, 6) is -0.997. The zero-order valence-corrected chi connectivity index (χ0v) is 12.9. The summed E-state index contributed by atoms with van der Waals surface area (Å²) in [4.78, 5) is 12.1. The zero-order valence-electron chi connectivity index (χ0n) is 12.1. The van der Waals surface area contributed by atoms with Crippen LogP contribution in [0, 0.1) is 11.2 Å². The van der Waals surface area contributed by atoms with Crippen molar-refractivity contribution in [1.29, 1.82) is 0 Å². The van der Waals surface area contributed by atoms with E-state index in [9.17, 15) is 9.18 Å². The molecule has 0 aromatic heterocycles. The van der Waals surface area contributed by atoms with Crippen molar-refractivity contribution < 1.29 is 9.18 Å². The Balaban J connectivity index is 2.87. The van der Waals surface area contributed by atoms with Crippen molar-refractivity contribution in [2.75, 3.05) is 0 Å². The molecule has 1 aromatic rings. The average Bonchev–Trinajstić information content (AvgIpc) is 2.16. The third-order valence-electron chi connectivity index (χ3n) is 2.60. The van der Waals surface area contributed by atoms with E-state index in [1.54, 1.807) is 0 Å². The molecule has 0 saturated heterocycles. The van der Waals surface area contributed by atoms with Crippen molar-refractivity contribution in [1.82, 2.24) is 5.32 Å². The van der Waals surface area contributed by atoms with Crippen molar-refractivity contribution >= 4 is 17.5 Å². The Morgan fingerprint density at radius 3 is 2.37 bits per heavy atom. The maximum atomic E-state index is 13.6. The second-order valence-corrected chi connectivity index (χ2v) is 7.14. The standard InChI is InChI=1S/C15H21ClFNO/c1-14(2,3)9-15(4,5)18-13(19)11-8-10(16)6-7-12(11)17/h6-8H,9H2,1-5H3,(H,18,19). The van der Waals surface area contributed by atoms with Crippen LogP contribution in [-0.4, -0.2) is 11.4 Å². The quantitative estimate of drug-likeness (QED) is 0.875. The molecule has 0 atom stereocenters. The van der Waals surface area contributed by atoms with Gasteiger partial charge in [-0.1, -0.05) is 32.4 Å². The predicted octanol–water partition coefficient (Wildman–Crippen LogP) is 4.42. The van der Waals surface area contributed by atoms with Gasteiger partial charge in [-0.25, -0.2) is 4.39 Å². The fourth-order valence-corrected chi connectivity index (χ4v) is 2.59. The van der Waals surface area contributed by atoms with E-state index in [1.807, 2.05) is 13.8 Å². The fraction of sp³-hybridized carbons (Fsp3) is 0.533. The number of halogens is 2. The van der Waals surface area contributed by atoms with Gasteiger partial charge in [0.1, 0.15) is 5.82 Å². The van der Waals surface area contributed by atoms with E-state index in [4.69, 9.17) is 11.6 Å². The normalized spacial score (nSPS) is 12.4. The molecule has 0 radical (unpaired) electrons. The molecule has 1 amide bonds. The number of hydrogen-bond donors (Lipinski definition) is 1. The van der Waals surface area contributed by atoms with Crippen LogP contribution in [-0.2, 0) is 0 Å². The Morgan fingerprint density at radius 2 is 1.84 bits per heavy atom. The lowest BCUT2D eigenvalue weighted by Gasteiger charge is -2.33. The van der Waals surface area contributed by atoms with Crippen LogP contribution in [0.3, 0.4) is 0 Å². The molecule has 0 unspecified atom stereocenters. The summed E-state index contributed by atoms with van der Waals surface area (Å²) in [6.07, 6.45) is 0.786. The van der Waals surface area contributed by atoms with Crippen LogP contribution in [0.4, 0.5) is 4.39 Å². The molecule has 106 valence electrons. The summed E-state index contributed by atoms with van der Waals surface area (Å²) in [5.41, 5.74) is -0.359. The van der Waals surface area contributed by atoms with Gasteiger partial charge in [0.2, 0.25) is 0 Å². The maximum Gasteiger partial charge on any atom is 0.254 e. The summed E-state index contributed by atoms with van der Waals surface area (Å²) in [7, 11) is 0. The molecular weight excluding hydrogens is 265 g/mol. The minimum atomic E-state index is -0.562. The first-order valence-electron chi connectivity index (χ1n) is 6.28. The van der Waals surface area contributed by atoms with Gasteiger partial charge in [-0.05, 0) is 43.9 Å². The Hall–Kier alpha value is -1.09. The molecule has 4 heteroatoms. The van der Waals surface area contributed by atoms with E-state index < -0.39 is 17.3 Å². The molecule has 0 fully saturated rings. The first kappa shape index (κ1) is 16.0. The lowest BCUT2D eigenvalue weighted by atomic mass is 9.81. The number of hydrogen-bond acceptors (Lipinski definition) is 1. The molecule has 0 heterocycles. The fourth-order valence-electron chi connectivity index (χ4n) is 2.42. The van der Waals surface area contributed by atoms with Crippen LogP contribution in [0.15, 0.2) is 18.2 Å². The van der Waals surface area contributed by atoms with E-state index in [0.29, 0.717) is 5.02 Å². The second-order valence-electron chi connectivity index (χ2n) is 6.70. The van der Waals surface area contributed by atoms with Gasteiger partial charge in [0, 0.05) is 10.6 Å². The number of carbonyl (C=O) groups excluding carboxylic acids is 1. The number of amides is 1. The van der Waals surface area contributed by atoms with Crippen molar-refractivity contribution in [3.8, 4) is 0 Å². The smallest absolute Gasteiger partial charge is 0.254 e. The van der Waals surface area contributed by atoms with Crippen molar-refractivity contribution in [3.05, 3.63) is 34.6 Å². The highest BCUT2D eigenvalue weighted by molar-refractivity contribution is 6.31. The molecule has 0 aliphatic rings. The summed E-state index contributed by atoms with van der Waals surface area (Å²) in [6.45, 7) is 10.2. The number of rotatable bonds is 3.